The summed E-state index contributed by atoms with van der Waals surface area (Å²) >= 11 is 0. The number of hydrogen-bond acceptors (Lipinski definition) is 3. The highest BCUT2D eigenvalue weighted by atomic mass is 16.4. The first-order valence-electron chi connectivity index (χ1n) is 6.88. The molecule has 3 amide bonds. The van der Waals surface area contributed by atoms with Crippen LogP contribution in [0.3, 0.4) is 0 Å². The van der Waals surface area contributed by atoms with Crippen molar-refractivity contribution in [2.75, 3.05) is 19.6 Å². The number of carbonyl (C=O) groups is 3. The monoisotopic (exact) mass is 285 g/mol. The molecule has 1 heterocycles. The summed E-state index contributed by atoms with van der Waals surface area (Å²) in [6.45, 7) is 6.46. The van der Waals surface area contributed by atoms with Crippen molar-refractivity contribution in [1.82, 2.24) is 15.5 Å². The Morgan fingerprint density at radius 3 is 2.70 bits per heavy atom. The van der Waals surface area contributed by atoms with Gasteiger partial charge in [0.15, 0.2) is 0 Å². The molecule has 7 heteroatoms. The highest BCUT2D eigenvalue weighted by Crippen LogP contribution is 2.11. The fraction of sp³-hybridized carbons (Fsp3) is 0.769. The van der Waals surface area contributed by atoms with E-state index in [2.05, 4.69) is 10.6 Å². The normalized spacial score (nSPS) is 20.5. The highest BCUT2D eigenvalue weighted by molar-refractivity contribution is 5.88. The Bertz CT molecular complexity index is 384. The summed E-state index contributed by atoms with van der Waals surface area (Å²) in [6, 6.07) is -0.917. The molecule has 114 valence electrons. The Morgan fingerprint density at radius 1 is 1.50 bits per heavy atom. The van der Waals surface area contributed by atoms with Crippen LogP contribution in [-0.2, 0) is 9.59 Å². The summed E-state index contributed by atoms with van der Waals surface area (Å²) < 4.78 is 0. The topological polar surface area (TPSA) is 98.7 Å². The van der Waals surface area contributed by atoms with Gasteiger partial charge in [0.25, 0.3) is 0 Å². The van der Waals surface area contributed by atoms with E-state index >= 15 is 0 Å². The smallest absolute Gasteiger partial charge is 0.318 e. The maximum atomic E-state index is 12.0. The molecule has 1 saturated heterocycles. The lowest BCUT2D eigenvalue weighted by Crippen LogP contribution is -2.58. The molecule has 2 unspecified atom stereocenters. The molecule has 1 rings (SSSR count). The van der Waals surface area contributed by atoms with Gasteiger partial charge in [-0.25, -0.2) is 4.79 Å². The van der Waals surface area contributed by atoms with Crippen molar-refractivity contribution in [2.45, 2.75) is 33.2 Å². The van der Waals surface area contributed by atoms with Crippen LogP contribution in [0.15, 0.2) is 0 Å². The van der Waals surface area contributed by atoms with Crippen molar-refractivity contribution in [3.63, 3.8) is 0 Å². The molecule has 1 aliphatic heterocycles. The summed E-state index contributed by atoms with van der Waals surface area (Å²) in [6.07, 6.45) is 0.506. The van der Waals surface area contributed by atoms with Crippen molar-refractivity contribution in [3.05, 3.63) is 0 Å². The largest absolute Gasteiger partial charge is 0.481 e. The Balaban J connectivity index is 2.52. The molecule has 2 atom stereocenters. The van der Waals surface area contributed by atoms with Crippen molar-refractivity contribution < 1.29 is 19.5 Å². The Morgan fingerprint density at radius 2 is 2.15 bits per heavy atom. The highest BCUT2D eigenvalue weighted by Gasteiger charge is 2.30. The number of nitrogens with one attached hydrogen (secondary N) is 2. The average molecular weight is 285 g/mol. The van der Waals surface area contributed by atoms with Gasteiger partial charge >= 0.3 is 12.0 Å². The zero-order chi connectivity index (χ0) is 15.3. The Labute approximate surface area is 118 Å². The van der Waals surface area contributed by atoms with E-state index in [9.17, 15) is 14.4 Å². The molecule has 0 radical (unpaired) electrons. The molecular weight excluding hydrogens is 262 g/mol. The SMILES string of the molecule is CC(C)CC(CNC(=O)N1CCNC(=O)C1C)C(=O)O. The fourth-order valence-electron chi connectivity index (χ4n) is 2.21. The second-order valence-corrected chi connectivity index (χ2v) is 5.51. The predicted octanol–water partition coefficient (Wildman–Crippen LogP) is 0.263. The third-order valence-electron chi connectivity index (χ3n) is 3.36. The third kappa shape index (κ3) is 4.40. The third-order valence-corrected chi connectivity index (χ3v) is 3.36. The quantitative estimate of drug-likeness (QED) is 0.675. The van der Waals surface area contributed by atoms with Crippen molar-refractivity contribution in [3.8, 4) is 0 Å². The predicted molar refractivity (Wildman–Crippen MR) is 73.2 cm³/mol. The van der Waals surface area contributed by atoms with Crippen LogP contribution in [0.1, 0.15) is 27.2 Å². The molecule has 0 aromatic rings. The van der Waals surface area contributed by atoms with Gasteiger partial charge in [-0.1, -0.05) is 13.8 Å². The van der Waals surface area contributed by atoms with Gasteiger partial charge in [0.2, 0.25) is 5.91 Å². The van der Waals surface area contributed by atoms with Crippen molar-refractivity contribution in [2.24, 2.45) is 11.8 Å². The molecule has 1 aliphatic rings. The van der Waals surface area contributed by atoms with Crippen LogP contribution in [-0.4, -0.2) is 53.6 Å². The molecule has 1 fully saturated rings. The van der Waals surface area contributed by atoms with Gasteiger partial charge in [0.05, 0.1) is 5.92 Å². The summed E-state index contributed by atoms with van der Waals surface area (Å²) in [4.78, 5) is 36.0. The summed E-state index contributed by atoms with van der Waals surface area (Å²) in [7, 11) is 0. The minimum Gasteiger partial charge on any atom is -0.481 e. The van der Waals surface area contributed by atoms with Crippen LogP contribution in [0.2, 0.25) is 0 Å². The van der Waals surface area contributed by atoms with Crippen LogP contribution in [0.4, 0.5) is 4.79 Å². The molecular formula is C13H23N3O4. The van der Waals surface area contributed by atoms with E-state index in [1.165, 1.54) is 4.90 Å². The standard InChI is InChI=1S/C13H23N3O4/c1-8(2)6-10(12(18)19)7-15-13(20)16-5-4-14-11(17)9(16)3/h8-10H,4-7H2,1-3H3,(H,14,17)(H,15,20)(H,18,19). The number of piperazine rings is 1. The van der Waals surface area contributed by atoms with Crippen molar-refractivity contribution >= 4 is 17.9 Å². The molecule has 20 heavy (non-hydrogen) atoms. The Kier molecular flexibility index (Phi) is 5.79. The van der Waals surface area contributed by atoms with E-state index in [4.69, 9.17) is 5.11 Å². The Hall–Kier alpha value is -1.79. The number of aliphatic carboxylic acids is 1. The van der Waals surface area contributed by atoms with E-state index in [0.717, 1.165) is 0 Å². The van der Waals surface area contributed by atoms with Crippen LogP contribution in [0.5, 0.6) is 0 Å². The molecule has 3 N–H and O–H groups in total. The summed E-state index contributed by atoms with van der Waals surface area (Å²) in [5.41, 5.74) is 0. The van der Waals surface area contributed by atoms with Gasteiger partial charge in [-0.05, 0) is 19.3 Å². The van der Waals surface area contributed by atoms with Crippen LogP contribution in [0, 0.1) is 11.8 Å². The second kappa shape index (κ2) is 7.12. The van der Waals surface area contributed by atoms with Crippen LogP contribution < -0.4 is 10.6 Å². The molecule has 0 aliphatic carbocycles. The van der Waals surface area contributed by atoms with Gasteiger partial charge in [-0.3, -0.25) is 9.59 Å². The summed E-state index contributed by atoms with van der Waals surface area (Å²) in [5.74, 6) is -1.47. The van der Waals surface area contributed by atoms with E-state index in [1.807, 2.05) is 13.8 Å². The lowest BCUT2D eigenvalue weighted by Gasteiger charge is -2.33. The number of carbonyl (C=O) groups excluding carboxylic acids is 2. The molecule has 0 spiro atoms. The molecule has 0 saturated carbocycles. The number of amides is 3. The van der Waals surface area contributed by atoms with Crippen LogP contribution >= 0.6 is 0 Å². The van der Waals surface area contributed by atoms with Gasteiger partial charge in [-0.2, -0.15) is 0 Å². The van der Waals surface area contributed by atoms with Crippen molar-refractivity contribution in [1.29, 1.82) is 0 Å². The lowest BCUT2D eigenvalue weighted by atomic mass is 9.97. The average Bonchev–Trinajstić information content (AvgIpc) is 2.36. The zero-order valence-electron chi connectivity index (χ0n) is 12.2. The fourth-order valence-corrected chi connectivity index (χ4v) is 2.21. The van der Waals surface area contributed by atoms with E-state index < -0.39 is 17.9 Å². The maximum absolute atomic E-state index is 12.0. The minimum absolute atomic E-state index is 0.0805. The van der Waals surface area contributed by atoms with Gasteiger partial charge < -0.3 is 20.6 Å². The van der Waals surface area contributed by atoms with E-state index in [0.29, 0.717) is 19.5 Å². The number of hydrogen-bond donors (Lipinski definition) is 3. The number of carboxylic acid groups (broad SMARTS) is 1. The second-order valence-electron chi connectivity index (χ2n) is 5.51. The first-order valence-corrected chi connectivity index (χ1v) is 6.88. The number of urea groups is 1. The van der Waals surface area contributed by atoms with Gasteiger partial charge in [0, 0.05) is 19.6 Å². The maximum Gasteiger partial charge on any atom is 0.318 e. The van der Waals surface area contributed by atoms with E-state index in [1.54, 1.807) is 6.92 Å². The number of rotatable bonds is 5. The first-order chi connectivity index (χ1) is 9.32. The van der Waals surface area contributed by atoms with Gasteiger partial charge in [0.1, 0.15) is 6.04 Å². The number of nitrogens with zero attached hydrogens (tertiary/aromatic N) is 1. The molecule has 7 nitrogen and oxygen atoms in total. The molecule has 0 aromatic heterocycles. The summed E-state index contributed by atoms with van der Waals surface area (Å²) in [5, 5.41) is 14.4. The van der Waals surface area contributed by atoms with Gasteiger partial charge in [-0.15, -0.1) is 0 Å². The minimum atomic E-state index is -0.913. The molecule has 0 aromatic carbocycles. The lowest BCUT2D eigenvalue weighted by molar-refractivity contribution is -0.142. The van der Waals surface area contributed by atoms with E-state index in [-0.39, 0.29) is 24.4 Å². The number of carboxylic acids is 1. The van der Waals surface area contributed by atoms with Crippen LogP contribution in [0.25, 0.3) is 0 Å². The zero-order valence-corrected chi connectivity index (χ0v) is 12.2. The first kappa shape index (κ1) is 16.3. The molecule has 0 bridgehead atoms.